The molecule has 0 aromatic carbocycles. The summed E-state index contributed by atoms with van der Waals surface area (Å²) < 4.78 is 5.04. The van der Waals surface area contributed by atoms with Crippen LogP contribution in [-0.4, -0.2) is 24.5 Å². The number of nitrogens with one attached hydrogen (secondary N) is 1. The molecule has 2 atom stereocenters. The van der Waals surface area contributed by atoms with Crippen LogP contribution in [0.3, 0.4) is 0 Å². The lowest BCUT2D eigenvalue weighted by Gasteiger charge is -2.29. The van der Waals surface area contributed by atoms with Crippen LogP contribution in [0.2, 0.25) is 0 Å². The first kappa shape index (κ1) is 15.0. The minimum Gasteiger partial charge on any atom is -0.451 e. The standard InChI is InChI=1S/C15H21NO3S/c1-10-5-3-4-6-12(10)16-14(17)9-19-15(18)13-8-7-11(2)20-13/h7-8,10,12H,3-6,9H2,1-2H3,(H,16,17)/t10-,12-/m1/s1. The molecule has 0 spiro atoms. The molecule has 0 radical (unpaired) electrons. The summed E-state index contributed by atoms with van der Waals surface area (Å²) in [6.07, 6.45) is 4.56. The van der Waals surface area contributed by atoms with E-state index in [4.69, 9.17) is 4.74 Å². The Kier molecular flexibility index (Phi) is 5.17. The molecule has 0 unspecified atom stereocenters. The molecule has 20 heavy (non-hydrogen) atoms. The third-order valence-electron chi connectivity index (χ3n) is 3.73. The van der Waals surface area contributed by atoms with Crippen molar-refractivity contribution in [3.8, 4) is 0 Å². The molecule has 2 rings (SSSR count). The number of esters is 1. The third-order valence-corrected chi connectivity index (χ3v) is 4.71. The van der Waals surface area contributed by atoms with Crippen LogP contribution in [0.4, 0.5) is 0 Å². The van der Waals surface area contributed by atoms with Gasteiger partial charge in [-0.1, -0.05) is 19.8 Å². The van der Waals surface area contributed by atoms with Crippen molar-refractivity contribution in [1.82, 2.24) is 5.32 Å². The molecule has 0 bridgehead atoms. The van der Waals surface area contributed by atoms with Crippen LogP contribution < -0.4 is 5.32 Å². The zero-order valence-corrected chi connectivity index (χ0v) is 12.8. The number of hydrogen-bond acceptors (Lipinski definition) is 4. The van der Waals surface area contributed by atoms with Crippen LogP contribution >= 0.6 is 11.3 Å². The third kappa shape index (κ3) is 4.07. The van der Waals surface area contributed by atoms with Crippen LogP contribution in [0.25, 0.3) is 0 Å². The van der Waals surface area contributed by atoms with Gasteiger partial charge in [-0.15, -0.1) is 11.3 Å². The fourth-order valence-electron chi connectivity index (χ4n) is 2.53. The maximum atomic E-state index is 11.8. The minimum absolute atomic E-state index is 0.195. The summed E-state index contributed by atoms with van der Waals surface area (Å²) in [7, 11) is 0. The number of aryl methyl sites for hydroxylation is 1. The van der Waals surface area contributed by atoms with E-state index in [0.29, 0.717) is 10.8 Å². The highest BCUT2D eigenvalue weighted by Crippen LogP contribution is 2.23. The molecule has 4 nitrogen and oxygen atoms in total. The van der Waals surface area contributed by atoms with Crippen LogP contribution in [0.1, 0.15) is 47.2 Å². The van der Waals surface area contributed by atoms with E-state index in [1.165, 1.54) is 17.8 Å². The molecule has 1 aromatic heterocycles. The summed E-state index contributed by atoms with van der Waals surface area (Å²) in [6.45, 7) is 3.89. The number of hydrogen-bond donors (Lipinski definition) is 1. The average molecular weight is 295 g/mol. The Morgan fingerprint density at radius 3 is 2.75 bits per heavy atom. The van der Waals surface area contributed by atoms with E-state index in [1.807, 2.05) is 13.0 Å². The summed E-state index contributed by atoms with van der Waals surface area (Å²) in [6, 6.07) is 3.81. The highest BCUT2D eigenvalue weighted by atomic mass is 32.1. The molecule has 5 heteroatoms. The largest absolute Gasteiger partial charge is 0.451 e. The first-order chi connectivity index (χ1) is 9.56. The highest BCUT2D eigenvalue weighted by Gasteiger charge is 2.23. The fourth-order valence-corrected chi connectivity index (χ4v) is 3.29. The number of rotatable bonds is 4. The summed E-state index contributed by atoms with van der Waals surface area (Å²) in [5.41, 5.74) is 0. The maximum Gasteiger partial charge on any atom is 0.348 e. The molecule has 1 N–H and O–H groups in total. The van der Waals surface area contributed by atoms with Gasteiger partial charge in [-0.3, -0.25) is 4.79 Å². The van der Waals surface area contributed by atoms with Gasteiger partial charge < -0.3 is 10.1 Å². The zero-order valence-electron chi connectivity index (χ0n) is 12.0. The van der Waals surface area contributed by atoms with Gasteiger partial charge in [-0.05, 0) is 37.8 Å². The first-order valence-corrected chi connectivity index (χ1v) is 7.91. The average Bonchev–Trinajstić information content (AvgIpc) is 2.85. The Balaban J connectivity index is 1.76. The van der Waals surface area contributed by atoms with Gasteiger partial charge in [0.05, 0.1) is 0 Å². The van der Waals surface area contributed by atoms with E-state index in [1.54, 1.807) is 6.07 Å². The Hall–Kier alpha value is -1.36. The molecule has 1 amide bonds. The van der Waals surface area contributed by atoms with Gasteiger partial charge in [0, 0.05) is 10.9 Å². The van der Waals surface area contributed by atoms with Crippen molar-refractivity contribution < 1.29 is 14.3 Å². The number of amides is 1. The van der Waals surface area contributed by atoms with Crippen LogP contribution in [0.15, 0.2) is 12.1 Å². The normalized spacial score (nSPS) is 22.3. The molecule has 1 aliphatic rings. The molecule has 1 saturated carbocycles. The number of thiophene rings is 1. The van der Waals surface area contributed by atoms with Crippen LogP contribution in [-0.2, 0) is 9.53 Å². The van der Waals surface area contributed by atoms with Gasteiger partial charge in [0.15, 0.2) is 6.61 Å². The van der Waals surface area contributed by atoms with Gasteiger partial charge >= 0.3 is 5.97 Å². The van der Waals surface area contributed by atoms with Crippen molar-refractivity contribution in [1.29, 1.82) is 0 Å². The van der Waals surface area contributed by atoms with E-state index in [-0.39, 0.29) is 18.6 Å². The topological polar surface area (TPSA) is 55.4 Å². The Morgan fingerprint density at radius 2 is 2.10 bits per heavy atom. The summed E-state index contributed by atoms with van der Waals surface area (Å²) in [4.78, 5) is 25.1. The van der Waals surface area contributed by atoms with Crippen molar-refractivity contribution in [2.24, 2.45) is 5.92 Å². The van der Waals surface area contributed by atoms with Gasteiger partial charge in [0.25, 0.3) is 5.91 Å². The Labute approximate surface area is 123 Å². The SMILES string of the molecule is Cc1ccc(C(=O)OCC(=O)N[C@@H]2CCCC[C@H]2C)s1. The van der Waals surface area contributed by atoms with E-state index in [2.05, 4.69) is 12.2 Å². The number of ether oxygens (including phenoxy) is 1. The lowest BCUT2D eigenvalue weighted by atomic mass is 9.86. The number of carbonyl (C=O) groups excluding carboxylic acids is 2. The van der Waals surface area contributed by atoms with Gasteiger partial charge in [0.2, 0.25) is 0 Å². The monoisotopic (exact) mass is 295 g/mol. The molecule has 0 saturated heterocycles. The second kappa shape index (κ2) is 6.88. The smallest absolute Gasteiger partial charge is 0.348 e. The van der Waals surface area contributed by atoms with E-state index in [9.17, 15) is 9.59 Å². The van der Waals surface area contributed by atoms with Crippen molar-refractivity contribution >= 4 is 23.2 Å². The Morgan fingerprint density at radius 1 is 1.35 bits per heavy atom. The van der Waals surface area contributed by atoms with Gasteiger partial charge in [-0.25, -0.2) is 4.79 Å². The molecule has 1 aromatic rings. The van der Waals surface area contributed by atoms with Crippen molar-refractivity contribution in [3.63, 3.8) is 0 Å². The van der Waals surface area contributed by atoms with Crippen molar-refractivity contribution in [3.05, 3.63) is 21.9 Å². The lowest BCUT2D eigenvalue weighted by molar-refractivity contribution is -0.125. The second-order valence-corrected chi connectivity index (χ2v) is 6.71. The van der Waals surface area contributed by atoms with E-state index < -0.39 is 5.97 Å². The van der Waals surface area contributed by atoms with Gasteiger partial charge in [0.1, 0.15) is 4.88 Å². The predicted octanol–water partition coefficient (Wildman–Crippen LogP) is 2.91. The molecule has 1 aliphatic carbocycles. The molecule has 1 heterocycles. The Bertz CT molecular complexity index is 483. The maximum absolute atomic E-state index is 11.8. The fraction of sp³-hybridized carbons (Fsp3) is 0.600. The lowest BCUT2D eigenvalue weighted by Crippen LogP contribution is -2.42. The molecular formula is C15H21NO3S. The van der Waals surface area contributed by atoms with E-state index in [0.717, 1.165) is 24.1 Å². The van der Waals surface area contributed by atoms with Crippen molar-refractivity contribution in [2.75, 3.05) is 6.61 Å². The van der Waals surface area contributed by atoms with Crippen LogP contribution in [0.5, 0.6) is 0 Å². The molecule has 1 fully saturated rings. The molecule has 110 valence electrons. The van der Waals surface area contributed by atoms with Gasteiger partial charge in [-0.2, -0.15) is 0 Å². The molecular weight excluding hydrogens is 274 g/mol. The highest BCUT2D eigenvalue weighted by molar-refractivity contribution is 7.13. The summed E-state index contributed by atoms with van der Waals surface area (Å²) >= 11 is 1.38. The first-order valence-electron chi connectivity index (χ1n) is 7.09. The predicted molar refractivity (Wildman–Crippen MR) is 78.9 cm³/mol. The van der Waals surface area contributed by atoms with Crippen LogP contribution in [0, 0.1) is 12.8 Å². The molecule has 0 aliphatic heterocycles. The minimum atomic E-state index is -0.421. The second-order valence-electron chi connectivity index (χ2n) is 5.42. The van der Waals surface area contributed by atoms with E-state index >= 15 is 0 Å². The number of carbonyl (C=O) groups is 2. The summed E-state index contributed by atoms with van der Waals surface area (Å²) in [5.74, 6) is -0.122. The summed E-state index contributed by atoms with van der Waals surface area (Å²) in [5, 5.41) is 2.97. The van der Waals surface area contributed by atoms with Crippen molar-refractivity contribution in [2.45, 2.75) is 45.6 Å². The zero-order chi connectivity index (χ0) is 14.5. The quantitative estimate of drug-likeness (QED) is 0.869.